The molecule has 0 atom stereocenters. The molecule has 0 aliphatic rings. The number of nitrogen functional groups attached to an aromatic ring is 1. The average Bonchev–Trinajstić information content (AvgIpc) is 3.19. The van der Waals surface area contributed by atoms with Crippen molar-refractivity contribution < 1.29 is 9.53 Å². The Kier molecular flexibility index (Phi) is 6.46. The van der Waals surface area contributed by atoms with Gasteiger partial charge in [0.1, 0.15) is 10.8 Å². The van der Waals surface area contributed by atoms with E-state index in [0.717, 1.165) is 26.5 Å². The molecule has 3 N–H and O–H groups in total. The quantitative estimate of drug-likeness (QED) is 0.419. The standard InChI is InChI=1S/C21H17N3O2S.C2H6/c1-26-17-9-10-18-19(12-17)27-21(24-18)13-5-7-16(8-6-13)23-20(25)14-3-2-4-15(22)11-14;1-2/h2-12H,22H2,1H3,(H,23,25);1-2H3. The molecule has 29 heavy (non-hydrogen) atoms. The van der Waals surface area contributed by atoms with E-state index in [-0.39, 0.29) is 5.91 Å². The fourth-order valence-electron chi connectivity index (χ4n) is 2.73. The number of thiazole rings is 1. The van der Waals surface area contributed by atoms with E-state index in [1.807, 2.05) is 56.3 Å². The zero-order chi connectivity index (χ0) is 20.8. The van der Waals surface area contributed by atoms with Crippen LogP contribution in [0.2, 0.25) is 0 Å². The molecule has 0 fully saturated rings. The summed E-state index contributed by atoms with van der Waals surface area (Å²) in [5.41, 5.74) is 9.47. The second-order valence-corrected chi connectivity index (χ2v) is 7.04. The van der Waals surface area contributed by atoms with E-state index >= 15 is 0 Å². The molecule has 0 saturated heterocycles. The largest absolute Gasteiger partial charge is 0.497 e. The van der Waals surface area contributed by atoms with Gasteiger partial charge in [-0.3, -0.25) is 4.79 Å². The maximum atomic E-state index is 12.3. The molecular weight excluding hydrogens is 382 g/mol. The van der Waals surface area contributed by atoms with Crippen molar-refractivity contribution in [3.63, 3.8) is 0 Å². The summed E-state index contributed by atoms with van der Waals surface area (Å²) in [7, 11) is 1.65. The van der Waals surface area contributed by atoms with Crippen molar-refractivity contribution in [2.75, 3.05) is 18.2 Å². The summed E-state index contributed by atoms with van der Waals surface area (Å²) in [5.74, 6) is 0.624. The number of nitrogens with zero attached hydrogens (tertiary/aromatic N) is 1. The SMILES string of the molecule is CC.COc1ccc2nc(-c3ccc(NC(=O)c4cccc(N)c4)cc3)sc2c1. The molecule has 0 unspecified atom stereocenters. The van der Waals surface area contributed by atoms with Crippen molar-refractivity contribution in [1.29, 1.82) is 0 Å². The predicted molar refractivity (Wildman–Crippen MR) is 122 cm³/mol. The molecule has 4 rings (SSSR count). The zero-order valence-corrected chi connectivity index (χ0v) is 17.4. The molecule has 0 bridgehead atoms. The van der Waals surface area contributed by atoms with Gasteiger partial charge in [0.25, 0.3) is 5.91 Å². The van der Waals surface area contributed by atoms with Crippen molar-refractivity contribution in [1.82, 2.24) is 4.98 Å². The summed E-state index contributed by atoms with van der Waals surface area (Å²) in [6, 6.07) is 20.4. The highest BCUT2D eigenvalue weighted by atomic mass is 32.1. The highest BCUT2D eigenvalue weighted by molar-refractivity contribution is 7.21. The van der Waals surface area contributed by atoms with E-state index in [4.69, 9.17) is 10.5 Å². The van der Waals surface area contributed by atoms with E-state index in [0.29, 0.717) is 16.9 Å². The summed E-state index contributed by atoms with van der Waals surface area (Å²) in [6.45, 7) is 4.00. The van der Waals surface area contributed by atoms with Crippen molar-refractivity contribution in [3.8, 4) is 16.3 Å². The van der Waals surface area contributed by atoms with Crippen molar-refractivity contribution in [2.24, 2.45) is 0 Å². The Labute approximate surface area is 174 Å². The van der Waals surface area contributed by atoms with Crippen LogP contribution in [0.1, 0.15) is 24.2 Å². The molecule has 0 aliphatic heterocycles. The van der Waals surface area contributed by atoms with Crippen molar-refractivity contribution >= 4 is 38.8 Å². The Morgan fingerprint density at radius 1 is 1.03 bits per heavy atom. The molecule has 0 radical (unpaired) electrons. The number of carbonyl (C=O) groups is 1. The summed E-state index contributed by atoms with van der Waals surface area (Å²) in [6.07, 6.45) is 0. The van der Waals surface area contributed by atoms with E-state index in [1.165, 1.54) is 0 Å². The number of amides is 1. The second-order valence-electron chi connectivity index (χ2n) is 6.01. The highest BCUT2D eigenvalue weighted by Crippen LogP contribution is 2.32. The average molecular weight is 406 g/mol. The fourth-order valence-corrected chi connectivity index (χ4v) is 3.73. The van der Waals surface area contributed by atoms with Gasteiger partial charge >= 0.3 is 0 Å². The molecule has 5 nitrogen and oxygen atoms in total. The van der Waals surface area contributed by atoms with E-state index in [9.17, 15) is 4.79 Å². The number of nitrogens with one attached hydrogen (secondary N) is 1. The minimum atomic E-state index is -0.192. The maximum absolute atomic E-state index is 12.3. The van der Waals surface area contributed by atoms with Crippen LogP contribution in [-0.2, 0) is 0 Å². The van der Waals surface area contributed by atoms with Crippen LogP contribution >= 0.6 is 11.3 Å². The molecule has 1 aromatic heterocycles. The van der Waals surface area contributed by atoms with Crippen LogP contribution in [0.4, 0.5) is 11.4 Å². The van der Waals surface area contributed by atoms with Gasteiger partial charge in [0.05, 0.1) is 17.3 Å². The molecule has 4 aromatic rings. The van der Waals surface area contributed by atoms with Crippen LogP contribution in [0.3, 0.4) is 0 Å². The lowest BCUT2D eigenvalue weighted by atomic mass is 10.1. The number of hydrogen-bond donors (Lipinski definition) is 2. The Balaban J connectivity index is 0.00000117. The van der Waals surface area contributed by atoms with E-state index in [1.54, 1.807) is 42.7 Å². The first-order valence-electron chi connectivity index (χ1n) is 9.34. The Morgan fingerprint density at radius 3 is 2.48 bits per heavy atom. The topological polar surface area (TPSA) is 77.2 Å². The zero-order valence-electron chi connectivity index (χ0n) is 16.6. The molecule has 148 valence electrons. The molecule has 1 amide bonds. The minimum absolute atomic E-state index is 0.192. The maximum Gasteiger partial charge on any atom is 0.255 e. The van der Waals surface area contributed by atoms with Gasteiger partial charge < -0.3 is 15.8 Å². The monoisotopic (exact) mass is 405 g/mol. The number of fused-ring (bicyclic) bond motifs is 1. The molecule has 1 heterocycles. The fraction of sp³-hybridized carbons (Fsp3) is 0.130. The first-order valence-corrected chi connectivity index (χ1v) is 10.2. The van der Waals surface area contributed by atoms with Gasteiger partial charge in [-0.05, 0) is 60.7 Å². The molecule has 0 aliphatic carbocycles. The lowest BCUT2D eigenvalue weighted by Crippen LogP contribution is -2.11. The predicted octanol–water partition coefficient (Wildman–Crippen LogP) is 5.83. The van der Waals surface area contributed by atoms with Crippen LogP contribution in [0.25, 0.3) is 20.8 Å². The molecule has 0 spiro atoms. The van der Waals surface area contributed by atoms with Gasteiger partial charge in [-0.2, -0.15) is 0 Å². The minimum Gasteiger partial charge on any atom is -0.497 e. The smallest absolute Gasteiger partial charge is 0.255 e. The van der Waals surface area contributed by atoms with E-state index in [2.05, 4.69) is 10.3 Å². The van der Waals surface area contributed by atoms with Gasteiger partial charge in [-0.15, -0.1) is 11.3 Å². The normalized spacial score (nSPS) is 10.2. The molecule has 3 aromatic carbocycles. The lowest BCUT2D eigenvalue weighted by molar-refractivity contribution is 0.102. The van der Waals surface area contributed by atoms with Gasteiger partial charge in [0, 0.05) is 22.5 Å². The number of rotatable bonds is 4. The Morgan fingerprint density at radius 2 is 1.79 bits per heavy atom. The lowest BCUT2D eigenvalue weighted by Gasteiger charge is -2.06. The molecule has 0 saturated carbocycles. The van der Waals surface area contributed by atoms with Gasteiger partial charge in [0.2, 0.25) is 0 Å². The number of ether oxygens (including phenoxy) is 1. The third-order valence-corrected chi connectivity index (χ3v) is 5.20. The Bertz CT molecular complexity index is 1120. The van der Waals surface area contributed by atoms with Crippen molar-refractivity contribution in [3.05, 3.63) is 72.3 Å². The number of nitrogens with two attached hydrogens (primary N) is 1. The number of hydrogen-bond acceptors (Lipinski definition) is 5. The number of methoxy groups -OCH3 is 1. The third kappa shape index (κ3) is 4.73. The van der Waals surface area contributed by atoms with Crippen LogP contribution in [0.15, 0.2) is 66.7 Å². The summed E-state index contributed by atoms with van der Waals surface area (Å²) < 4.78 is 6.34. The van der Waals surface area contributed by atoms with E-state index < -0.39 is 0 Å². The summed E-state index contributed by atoms with van der Waals surface area (Å²) in [4.78, 5) is 17.0. The van der Waals surface area contributed by atoms with Crippen LogP contribution in [0, 0.1) is 0 Å². The van der Waals surface area contributed by atoms with Crippen LogP contribution in [0.5, 0.6) is 5.75 Å². The summed E-state index contributed by atoms with van der Waals surface area (Å²) >= 11 is 1.61. The first-order chi connectivity index (χ1) is 14.1. The van der Waals surface area contributed by atoms with Crippen molar-refractivity contribution in [2.45, 2.75) is 13.8 Å². The first kappa shape index (κ1) is 20.4. The number of carbonyl (C=O) groups excluding carboxylic acids is 1. The van der Waals surface area contributed by atoms with Crippen LogP contribution in [-0.4, -0.2) is 18.0 Å². The summed E-state index contributed by atoms with van der Waals surface area (Å²) in [5, 5.41) is 3.80. The third-order valence-electron chi connectivity index (χ3n) is 4.13. The highest BCUT2D eigenvalue weighted by Gasteiger charge is 2.09. The molecule has 6 heteroatoms. The Hall–Kier alpha value is -3.38. The van der Waals surface area contributed by atoms with Gasteiger partial charge in [-0.25, -0.2) is 4.98 Å². The number of aromatic nitrogens is 1. The molecular formula is C23H23N3O2S. The second kappa shape index (κ2) is 9.21. The number of benzene rings is 3. The van der Waals surface area contributed by atoms with Gasteiger partial charge in [0.15, 0.2) is 0 Å². The number of anilines is 2. The van der Waals surface area contributed by atoms with Crippen LogP contribution < -0.4 is 15.8 Å². The van der Waals surface area contributed by atoms with Gasteiger partial charge in [-0.1, -0.05) is 19.9 Å².